The summed E-state index contributed by atoms with van der Waals surface area (Å²) in [6.07, 6.45) is 7.98. The quantitative estimate of drug-likeness (QED) is 0.388. The molecule has 3 aromatic heterocycles. The van der Waals surface area contributed by atoms with Crippen LogP contribution >= 0.6 is 11.3 Å². The van der Waals surface area contributed by atoms with Crippen molar-refractivity contribution in [1.82, 2.24) is 19.9 Å². The molecule has 33 heavy (non-hydrogen) atoms. The van der Waals surface area contributed by atoms with E-state index < -0.39 is 5.91 Å². The number of nitrogens with two attached hydrogens (primary N) is 1. The second-order valence-electron chi connectivity index (χ2n) is 7.64. The third-order valence-electron chi connectivity index (χ3n) is 5.55. The van der Waals surface area contributed by atoms with Crippen LogP contribution in [0.4, 0.5) is 16.8 Å². The maximum Gasteiger partial charge on any atom is 0.251 e. The number of carbonyl (C=O) groups is 1. The maximum absolute atomic E-state index is 11.3. The zero-order valence-electron chi connectivity index (χ0n) is 17.4. The average molecular weight is 457 g/mol. The fourth-order valence-corrected chi connectivity index (χ4v) is 4.84. The summed E-state index contributed by atoms with van der Waals surface area (Å²) in [5.41, 5.74) is 9.55. The lowest BCUT2D eigenvalue weighted by molar-refractivity contribution is 0.0999. The van der Waals surface area contributed by atoms with Crippen molar-refractivity contribution >= 4 is 50.3 Å². The van der Waals surface area contributed by atoms with Crippen LogP contribution in [0.3, 0.4) is 0 Å². The number of ether oxygens (including phenoxy) is 1. The Morgan fingerprint density at radius 2 is 2.00 bits per heavy atom. The molecule has 4 heterocycles. The van der Waals surface area contributed by atoms with E-state index in [1.54, 1.807) is 0 Å². The lowest BCUT2D eigenvalue weighted by Crippen LogP contribution is -2.36. The third-order valence-corrected chi connectivity index (χ3v) is 6.59. The van der Waals surface area contributed by atoms with Crippen LogP contribution in [0.1, 0.15) is 21.5 Å². The van der Waals surface area contributed by atoms with Crippen molar-refractivity contribution in [2.75, 3.05) is 36.5 Å². The number of carbonyl (C=O) groups excluding carboxylic acids is 1. The standard InChI is InChI=1S/C23H17N7O2S/c24-20(31)14-11-25-23(26-12-14)28-18-10-17-19(33-18)22(30-6-8-32-9-7-30)29-21(27-17)16-3-1-2-13-4-5-15(13)16/h1-3,5,10-12H,6-9H2,(H2-,24,25,26,27,28,29,31)/p+1. The summed E-state index contributed by atoms with van der Waals surface area (Å²) in [7, 11) is 0. The van der Waals surface area contributed by atoms with E-state index in [4.69, 9.17) is 20.4 Å². The highest BCUT2D eigenvalue weighted by Gasteiger charge is 2.25. The van der Waals surface area contributed by atoms with E-state index in [9.17, 15) is 4.79 Å². The summed E-state index contributed by atoms with van der Waals surface area (Å²) in [4.78, 5) is 31.7. The van der Waals surface area contributed by atoms with E-state index in [1.165, 1.54) is 23.7 Å². The molecule has 1 aliphatic carbocycles. The van der Waals surface area contributed by atoms with Gasteiger partial charge in [0.1, 0.15) is 0 Å². The van der Waals surface area contributed by atoms with Crippen molar-refractivity contribution < 1.29 is 9.53 Å². The topological polar surface area (TPSA) is 119 Å². The number of aromatic nitrogens is 4. The SMILES string of the molecule is NC(=O)c1cnc(Nc2cc3nc(-c4cccc5c4C=[C+]5)nc(N4CCOCC4)c3s2)nc1. The number of rotatable bonds is 5. The fraction of sp³-hybridized carbons (Fsp3) is 0.174. The van der Waals surface area contributed by atoms with Gasteiger partial charge in [0.15, 0.2) is 17.2 Å². The average Bonchev–Trinajstić information content (AvgIpc) is 3.22. The van der Waals surface area contributed by atoms with E-state index in [0.29, 0.717) is 25.0 Å². The Hall–Kier alpha value is -3.98. The maximum atomic E-state index is 11.3. The van der Waals surface area contributed by atoms with Crippen molar-refractivity contribution in [2.45, 2.75) is 0 Å². The number of nitrogens with one attached hydrogen (secondary N) is 1. The number of amides is 1. The van der Waals surface area contributed by atoms with Gasteiger partial charge in [-0.25, -0.2) is 19.9 Å². The van der Waals surface area contributed by atoms with Gasteiger partial charge in [-0.2, -0.15) is 0 Å². The van der Waals surface area contributed by atoms with E-state index in [0.717, 1.165) is 50.8 Å². The highest BCUT2D eigenvalue weighted by atomic mass is 32.1. The highest BCUT2D eigenvalue weighted by molar-refractivity contribution is 7.23. The Bertz CT molecular complexity index is 1410. The summed E-state index contributed by atoms with van der Waals surface area (Å²) in [6, 6.07) is 8.05. The normalized spacial score (nSPS) is 14.5. The number of primary amides is 1. The van der Waals surface area contributed by atoms with Crippen LogP contribution in [-0.2, 0) is 4.74 Å². The van der Waals surface area contributed by atoms with Crippen LogP contribution in [0.25, 0.3) is 27.7 Å². The lowest BCUT2D eigenvalue weighted by Gasteiger charge is -2.28. The van der Waals surface area contributed by atoms with Gasteiger partial charge in [-0.1, -0.05) is 0 Å². The van der Waals surface area contributed by atoms with Gasteiger partial charge in [-0.15, -0.1) is 11.3 Å². The molecule has 10 heteroatoms. The number of anilines is 3. The molecule has 2 aliphatic rings. The lowest BCUT2D eigenvalue weighted by atomic mass is 9.92. The molecule has 0 atom stereocenters. The minimum atomic E-state index is -0.564. The van der Waals surface area contributed by atoms with E-state index in [-0.39, 0.29) is 5.56 Å². The monoisotopic (exact) mass is 456 g/mol. The number of fused-ring (bicyclic) bond motifs is 2. The van der Waals surface area contributed by atoms with Gasteiger partial charge in [0.25, 0.3) is 5.91 Å². The molecule has 0 spiro atoms. The second-order valence-corrected chi connectivity index (χ2v) is 8.69. The Labute approximate surface area is 193 Å². The fourth-order valence-electron chi connectivity index (χ4n) is 3.83. The van der Waals surface area contributed by atoms with Gasteiger partial charge in [0.05, 0.1) is 51.2 Å². The first kappa shape index (κ1) is 19.7. The molecule has 1 amide bonds. The van der Waals surface area contributed by atoms with Crippen molar-refractivity contribution in [1.29, 1.82) is 0 Å². The van der Waals surface area contributed by atoms with Gasteiger partial charge in [0.2, 0.25) is 5.95 Å². The van der Waals surface area contributed by atoms with Crippen LogP contribution < -0.4 is 16.0 Å². The molecule has 0 unspecified atom stereocenters. The van der Waals surface area contributed by atoms with Gasteiger partial charge in [-0.05, 0) is 18.2 Å². The minimum absolute atomic E-state index is 0.257. The van der Waals surface area contributed by atoms with Crippen LogP contribution in [0.15, 0.2) is 36.7 Å². The molecule has 4 aromatic rings. The highest BCUT2D eigenvalue weighted by Crippen LogP contribution is 2.39. The van der Waals surface area contributed by atoms with Crippen LogP contribution in [0.2, 0.25) is 0 Å². The van der Waals surface area contributed by atoms with Gasteiger partial charge < -0.3 is 20.7 Å². The molecule has 1 aromatic carbocycles. The molecule has 0 bridgehead atoms. The van der Waals surface area contributed by atoms with Crippen molar-refractivity contribution in [3.63, 3.8) is 0 Å². The van der Waals surface area contributed by atoms with E-state index >= 15 is 0 Å². The van der Waals surface area contributed by atoms with Crippen molar-refractivity contribution in [3.05, 3.63) is 59.4 Å². The van der Waals surface area contributed by atoms with E-state index in [2.05, 4.69) is 26.3 Å². The summed E-state index contributed by atoms with van der Waals surface area (Å²) >= 11 is 1.54. The molecular weight excluding hydrogens is 438 g/mol. The van der Waals surface area contributed by atoms with Crippen molar-refractivity contribution in [3.8, 4) is 11.4 Å². The van der Waals surface area contributed by atoms with Crippen LogP contribution in [-0.4, -0.2) is 52.1 Å². The number of thiophene rings is 1. The number of nitrogens with zero attached hydrogens (tertiary/aromatic N) is 5. The zero-order chi connectivity index (χ0) is 22.4. The molecule has 1 fully saturated rings. The minimum Gasteiger partial charge on any atom is -0.378 e. The summed E-state index contributed by atoms with van der Waals surface area (Å²) < 4.78 is 6.53. The number of hydrogen-bond donors (Lipinski definition) is 2. The molecule has 9 nitrogen and oxygen atoms in total. The Morgan fingerprint density at radius 1 is 1.18 bits per heavy atom. The first-order valence-corrected chi connectivity index (χ1v) is 11.2. The molecule has 1 aliphatic heterocycles. The Morgan fingerprint density at radius 3 is 2.73 bits per heavy atom. The molecule has 1 saturated heterocycles. The second kappa shape index (κ2) is 7.86. The Balaban J connectivity index is 1.42. The van der Waals surface area contributed by atoms with Gasteiger partial charge in [-0.3, -0.25) is 4.79 Å². The predicted molar refractivity (Wildman–Crippen MR) is 127 cm³/mol. The first-order chi connectivity index (χ1) is 16.2. The molecule has 0 saturated carbocycles. The molecule has 3 N–H and O–H groups in total. The van der Waals surface area contributed by atoms with E-state index in [1.807, 2.05) is 30.3 Å². The number of benzene rings is 1. The number of morpholine rings is 1. The van der Waals surface area contributed by atoms with Crippen LogP contribution in [0.5, 0.6) is 0 Å². The molecular formula is C23H18N7O2S+. The molecule has 6 rings (SSSR count). The predicted octanol–water partition coefficient (Wildman–Crippen LogP) is 3.01. The summed E-state index contributed by atoms with van der Waals surface area (Å²) in [6.45, 7) is 2.86. The third kappa shape index (κ3) is 3.56. The van der Waals surface area contributed by atoms with Crippen LogP contribution in [0, 0.1) is 6.08 Å². The van der Waals surface area contributed by atoms with Crippen molar-refractivity contribution in [2.24, 2.45) is 5.73 Å². The summed E-state index contributed by atoms with van der Waals surface area (Å²) in [5, 5.41) is 4.02. The zero-order valence-corrected chi connectivity index (χ0v) is 18.2. The smallest absolute Gasteiger partial charge is 0.251 e. The van der Waals surface area contributed by atoms with Gasteiger partial charge >= 0.3 is 0 Å². The molecule has 0 radical (unpaired) electrons. The summed E-state index contributed by atoms with van der Waals surface area (Å²) in [5.74, 6) is 1.39. The largest absolute Gasteiger partial charge is 0.378 e. The Kier molecular flexibility index (Phi) is 4.69. The molecule has 162 valence electrons. The van der Waals surface area contributed by atoms with Gasteiger partial charge in [0, 0.05) is 37.6 Å². The number of hydrogen-bond acceptors (Lipinski definition) is 9. The first-order valence-electron chi connectivity index (χ1n) is 10.4.